The van der Waals surface area contributed by atoms with Crippen LogP contribution in [0.25, 0.3) is 11.1 Å². The van der Waals surface area contributed by atoms with E-state index in [0.717, 1.165) is 28.2 Å². The number of hydrogen-bond acceptors (Lipinski definition) is 3. The molecule has 0 aliphatic heterocycles. The summed E-state index contributed by atoms with van der Waals surface area (Å²) in [5.41, 5.74) is 6.58. The Bertz CT molecular complexity index is 1080. The Kier molecular flexibility index (Phi) is 5.47. The predicted molar refractivity (Wildman–Crippen MR) is 121 cm³/mol. The van der Waals surface area contributed by atoms with Crippen molar-refractivity contribution in [2.45, 2.75) is 6.92 Å². The molecule has 0 amide bonds. The van der Waals surface area contributed by atoms with Crippen molar-refractivity contribution in [3.8, 4) is 11.1 Å². The minimum Gasteiger partial charge on any atom is -0.423 e. The summed E-state index contributed by atoms with van der Waals surface area (Å²) in [5.74, 6) is 0. The summed E-state index contributed by atoms with van der Waals surface area (Å²) in [6.07, 6.45) is 0. The molecule has 4 heteroatoms. The van der Waals surface area contributed by atoms with Gasteiger partial charge in [0.2, 0.25) is 0 Å². The van der Waals surface area contributed by atoms with E-state index in [2.05, 4.69) is 41.3 Å². The molecule has 4 aromatic carbocycles. The molecule has 0 unspecified atom stereocenters. The lowest BCUT2D eigenvalue weighted by atomic mass is 9.77. The van der Waals surface area contributed by atoms with Crippen LogP contribution in [0, 0.1) is 6.92 Å². The van der Waals surface area contributed by atoms with Crippen LogP contribution in [-0.2, 0) is 0 Å². The van der Waals surface area contributed by atoms with Gasteiger partial charge in [-0.05, 0) is 59.4 Å². The summed E-state index contributed by atoms with van der Waals surface area (Å²) in [6.45, 7) is 1.92. The first kappa shape index (κ1) is 19.0. The molecule has 2 N–H and O–H groups in total. The molecule has 0 atom stereocenters. The molecule has 29 heavy (non-hydrogen) atoms. The van der Waals surface area contributed by atoms with Gasteiger partial charge >= 0.3 is 7.12 Å². The SMILES string of the molecule is Cc1c(B(O)O)cccc1N(c1ccccc1)c1ccc(-c2ccccc2)cc1. The summed E-state index contributed by atoms with van der Waals surface area (Å²) in [6, 6.07) is 34.4. The molecule has 3 nitrogen and oxygen atoms in total. The number of anilines is 3. The van der Waals surface area contributed by atoms with Crippen LogP contribution in [0.1, 0.15) is 5.56 Å². The first-order chi connectivity index (χ1) is 14.1. The van der Waals surface area contributed by atoms with Gasteiger partial charge in [0.05, 0.1) is 0 Å². The lowest BCUT2D eigenvalue weighted by Gasteiger charge is -2.28. The fraction of sp³-hybridized carbons (Fsp3) is 0.0400. The third-order valence-electron chi connectivity index (χ3n) is 5.11. The van der Waals surface area contributed by atoms with Crippen LogP contribution in [0.2, 0.25) is 0 Å². The van der Waals surface area contributed by atoms with Crippen LogP contribution in [-0.4, -0.2) is 17.2 Å². The third kappa shape index (κ3) is 3.95. The maximum Gasteiger partial charge on any atom is 0.488 e. The van der Waals surface area contributed by atoms with Gasteiger partial charge in [0, 0.05) is 17.1 Å². The molecule has 4 aromatic rings. The van der Waals surface area contributed by atoms with Gasteiger partial charge in [0.15, 0.2) is 0 Å². The van der Waals surface area contributed by atoms with Crippen LogP contribution in [0.3, 0.4) is 0 Å². The Morgan fingerprint density at radius 1 is 0.586 bits per heavy atom. The first-order valence-electron chi connectivity index (χ1n) is 9.61. The molecule has 0 saturated heterocycles. The van der Waals surface area contributed by atoms with Gasteiger partial charge < -0.3 is 14.9 Å². The molecule has 0 heterocycles. The minimum atomic E-state index is -1.51. The molecule has 0 saturated carbocycles. The minimum absolute atomic E-state index is 0.504. The number of nitrogens with zero attached hydrogens (tertiary/aromatic N) is 1. The van der Waals surface area contributed by atoms with E-state index in [4.69, 9.17) is 0 Å². The predicted octanol–water partition coefficient (Wildman–Crippen LogP) is 4.81. The van der Waals surface area contributed by atoms with Crippen LogP contribution in [0.15, 0.2) is 103 Å². The normalized spacial score (nSPS) is 10.6. The molecule has 0 bridgehead atoms. The molecule has 4 rings (SSSR count). The van der Waals surface area contributed by atoms with Gasteiger partial charge in [-0.1, -0.05) is 72.8 Å². The Morgan fingerprint density at radius 2 is 1.14 bits per heavy atom. The molecular weight excluding hydrogens is 357 g/mol. The lowest BCUT2D eigenvalue weighted by molar-refractivity contribution is 0.425. The van der Waals surface area contributed by atoms with E-state index in [0.29, 0.717) is 5.46 Å². The highest BCUT2D eigenvalue weighted by atomic mass is 16.4. The van der Waals surface area contributed by atoms with E-state index >= 15 is 0 Å². The van der Waals surface area contributed by atoms with Crippen LogP contribution < -0.4 is 10.4 Å². The Hall–Kier alpha value is -3.34. The lowest BCUT2D eigenvalue weighted by Crippen LogP contribution is -2.33. The molecule has 142 valence electrons. The smallest absolute Gasteiger partial charge is 0.423 e. The Labute approximate surface area is 171 Å². The van der Waals surface area contributed by atoms with Crippen molar-refractivity contribution in [3.63, 3.8) is 0 Å². The van der Waals surface area contributed by atoms with Crippen molar-refractivity contribution in [1.82, 2.24) is 0 Å². The second-order valence-corrected chi connectivity index (χ2v) is 6.95. The highest BCUT2D eigenvalue weighted by Gasteiger charge is 2.20. The first-order valence-corrected chi connectivity index (χ1v) is 9.61. The van der Waals surface area contributed by atoms with Crippen molar-refractivity contribution < 1.29 is 10.0 Å². The zero-order valence-corrected chi connectivity index (χ0v) is 16.2. The van der Waals surface area contributed by atoms with Crippen LogP contribution in [0.5, 0.6) is 0 Å². The van der Waals surface area contributed by atoms with Crippen LogP contribution in [0.4, 0.5) is 17.1 Å². The standard InChI is InChI=1S/C25H22BNO2/c1-19-24(26(28)29)13-8-14-25(19)27(22-11-6-3-7-12-22)23-17-15-21(16-18-23)20-9-4-2-5-10-20/h2-18,28-29H,1H3. The largest absolute Gasteiger partial charge is 0.488 e. The van der Waals surface area contributed by atoms with E-state index in [1.807, 2.05) is 67.6 Å². The fourth-order valence-corrected chi connectivity index (χ4v) is 3.60. The van der Waals surface area contributed by atoms with Gasteiger partial charge in [-0.15, -0.1) is 0 Å². The van der Waals surface area contributed by atoms with E-state index in [1.165, 1.54) is 5.56 Å². The van der Waals surface area contributed by atoms with Crippen LogP contribution >= 0.6 is 0 Å². The van der Waals surface area contributed by atoms with E-state index < -0.39 is 7.12 Å². The van der Waals surface area contributed by atoms with E-state index in [9.17, 15) is 10.0 Å². The van der Waals surface area contributed by atoms with Crippen molar-refractivity contribution >= 4 is 29.6 Å². The average molecular weight is 379 g/mol. The zero-order valence-electron chi connectivity index (χ0n) is 16.2. The quantitative estimate of drug-likeness (QED) is 0.489. The van der Waals surface area contributed by atoms with Gasteiger partial charge in [-0.3, -0.25) is 0 Å². The van der Waals surface area contributed by atoms with E-state index in [1.54, 1.807) is 6.07 Å². The number of benzene rings is 4. The summed E-state index contributed by atoms with van der Waals surface area (Å²) in [7, 11) is -1.51. The summed E-state index contributed by atoms with van der Waals surface area (Å²) in [5, 5.41) is 19.5. The van der Waals surface area contributed by atoms with Gasteiger partial charge in [0.25, 0.3) is 0 Å². The third-order valence-corrected chi connectivity index (χ3v) is 5.11. The second kappa shape index (κ2) is 8.35. The molecule has 0 aliphatic carbocycles. The highest BCUT2D eigenvalue weighted by molar-refractivity contribution is 6.59. The molecule has 0 aliphatic rings. The number of hydrogen-bond donors (Lipinski definition) is 2. The molecule has 0 aromatic heterocycles. The summed E-state index contributed by atoms with van der Waals surface area (Å²) < 4.78 is 0. The zero-order chi connectivity index (χ0) is 20.2. The van der Waals surface area contributed by atoms with Crippen molar-refractivity contribution in [1.29, 1.82) is 0 Å². The van der Waals surface area contributed by atoms with Gasteiger partial charge in [-0.2, -0.15) is 0 Å². The second-order valence-electron chi connectivity index (χ2n) is 6.95. The van der Waals surface area contributed by atoms with Gasteiger partial charge in [0.1, 0.15) is 0 Å². The molecular formula is C25H22BNO2. The summed E-state index contributed by atoms with van der Waals surface area (Å²) >= 11 is 0. The summed E-state index contributed by atoms with van der Waals surface area (Å²) in [4.78, 5) is 2.13. The molecule has 0 radical (unpaired) electrons. The topological polar surface area (TPSA) is 43.7 Å². The highest BCUT2D eigenvalue weighted by Crippen LogP contribution is 2.36. The Morgan fingerprint density at radius 3 is 1.76 bits per heavy atom. The fourth-order valence-electron chi connectivity index (χ4n) is 3.60. The molecule has 0 fully saturated rings. The monoisotopic (exact) mass is 379 g/mol. The molecule has 0 spiro atoms. The number of rotatable bonds is 5. The maximum absolute atomic E-state index is 9.75. The van der Waals surface area contributed by atoms with Crippen molar-refractivity contribution in [2.24, 2.45) is 0 Å². The van der Waals surface area contributed by atoms with Crippen molar-refractivity contribution in [2.75, 3.05) is 4.90 Å². The maximum atomic E-state index is 9.75. The number of para-hydroxylation sites is 1. The van der Waals surface area contributed by atoms with E-state index in [-0.39, 0.29) is 0 Å². The Balaban J connectivity index is 1.82. The van der Waals surface area contributed by atoms with Gasteiger partial charge in [-0.25, -0.2) is 0 Å². The van der Waals surface area contributed by atoms with Crippen molar-refractivity contribution in [3.05, 3.63) is 109 Å². The average Bonchev–Trinajstić information content (AvgIpc) is 2.77.